The van der Waals surface area contributed by atoms with E-state index in [0.29, 0.717) is 80.2 Å². The Morgan fingerprint density at radius 2 is 1.63 bits per heavy atom. The number of carbonyl (C=O) groups excluding carboxylic acids is 3. The third kappa shape index (κ3) is 12.9. The molecule has 1 fully saturated rings. The van der Waals surface area contributed by atoms with Crippen LogP contribution in [0.25, 0.3) is 22.0 Å². The fraction of sp³-hybridized carbons (Fsp3) is 0.388. The monoisotopic (exact) mass is 816 g/mol. The number of fused-ring (bicyclic) bond motifs is 1. The van der Waals surface area contributed by atoms with Gasteiger partial charge in [0.25, 0.3) is 0 Å². The molecule has 0 aliphatic carbocycles. The van der Waals surface area contributed by atoms with E-state index in [2.05, 4.69) is 34.3 Å². The molecule has 0 spiro atoms. The zero-order chi connectivity index (χ0) is 41.7. The summed E-state index contributed by atoms with van der Waals surface area (Å²) in [6.07, 6.45) is 3.86. The lowest BCUT2D eigenvalue weighted by Gasteiger charge is -2.31. The van der Waals surface area contributed by atoms with Gasteiger partial charge in [0.1, 0.15) is 17.6 Å². The topological polar surface area (TPSA) is 152 Å². The molecule has 2 atom stereocenters. The molecule has 0 bridgehead atoms. The maximum atomic E-state index is 12.9. The quantitative estimate of drug-likeness (QED) is 0.0686. The molecule has 1 aliphatic rings. The van der Waals surface area contributed by atoms with Crippen LogP contribution in [-0.2, 0) is 27.2 Å². The molecule has 11 nitrogen and oxygen atoms in total. The van der Waals surface area contributed by atoms with Gasteiger partial charge in [-0.25, -0.2) is 4.79 Å². The Balaban J connectivity index is 0.00000683. The summed E-state index contributed by atoms with van der Waals surface area (Å²) in [7, 11) is 1.79. The number of likely N-dealkylation sites (tertiary alicyclic amines) is 1. The van der Waals surface area contributed by atoms with Crippen LogP contribution in [0.5, 0.6) is 5.75 Å². The lowest BCUT2D eigenvalue weighted by atomic mass is 9.91. The highest BCUT2D eigenvalue weighted by Gasteiger charge is 2.24. The zero-order valence-corrected chi connectivity index (χ0v) is 34.1. The molecule has 318 valence electrons. The van der Waals surface area contributed by atoms with Crippen molar-refractivity contribution in [1.29, 1.82) is 0 Å². The minimum Gasteiger partial charge on any atom is -0.506 e. The fourth-order valence-electron chi connectivity index (χ4n) is 7.92. The van der Waals surface area contributed by atoms with Crippen molar-refractivity contribution in [1.82, 2.24) is 14.8 Å². The predicted octanol–water partition coefficient (Wildman–Crippen LogP) is 8.68. The molecule has 5 aromatic rings. The highest BCUT2D eigenvalue weighted by atomic mass is 16.6. The van der Waals surface area contributed by atoms with Gasteiger partial charge in [-0.2, -0.15) is 0 Å². The molecule has 1 aromatic heterocycles. The summed E-state index contributed by atoms with van der Waals surface area (Å²) in [5.74, 6) is 0.438. The number of amides is 2. The fourth-order valence-corrected chi connectivity index (χ4v) is 7.92. The summed E-state index contributed by atoms with van der Waals surface area (Å²) in [5.41, 5.74) is 5.44. The molecule has 1 unspecified atom stereocenters. The van der Waals surface area contributed by atoms with Crippen molar-refractivity contribution in [3.8, 4) is 16.9 Å². The minimum absolute atomic E-state index is 0. The number of ketones is 1. The second kappa shape index (κ2) is 22.0. The van der Waals surface area contributed by atoms with Crippen LogP contribution < -0.4 is 10.9 Å². The number of aliphatic hydroxyl groups is 1. The third-order valence-electron chi connectivity index (χ3n) is 11.2. The second-order valence-electron chi connectivity index (χ2n) is 15.9. The number of nitrogens with one attached hydrogen (secondary N) is 2. The number of anilines is 1. The van der Waals surface area contributed by atoms with Crippen molar-refractivity contribution >= 4 is 34.4 Å². The maximum Gasteiger partial charge on any atom is 0.411 e. The summed E-state index contributed by atoms with van der Waals surface area (Å²) in [6, 6.07) is 31.9. The van der Waals surface area contributed by atoms with Gasteiger partial charge in [-0.1, -0.05) is 93.2 Å². The van der Waals surface area contributed by atoms with Gasteiger partial charge in [-0.15, -0.1) is 0 Å². The highest BCUT2D eigenvalue weighted by Crippen LogP contribution is 2.32. The number of Topliss-reactive ketones (excluding diaryl/α,β-unsaturated/α-hetero) is 1. The Morgan fingerprint density at radius 3 is 2.42 bits per heavy atom. The zero-order valence-electron chi connectivity index (χ0n) is 34.1. The predicted molar refractivity (Wildman–Crippen MR) is 238 cm³/mol. The van der Waals surface area contributed by atoms with Crippen LogP contribution in [0.2, 0.25) is 0 Å². The number of phenolic OH excluding ortho intramolecular Hbond substituents is 1. The molecule has 11 heteroatoms. The Morgan fingerprint density at radius 1 is 0.900 bits per heavy atom. The lowest BCUT2D eigenvalue weighted by molar-refractivity contribution is -0.130. The van der Waals surface area contributed by atoms with Gasteiger partial charge in [0, 0.05) is 69.5 Å². The molecule has 1 aliphatic heterocycles. The van der Waals surface area contributed by atoms with E-state index in [0.717, 1.165) is 48.2 Å². The molecule has 60 heavy (non-hydrogen) atoms. The van der Waals surface area contributed by atoms with Gasteiger partial charge in [0.2, 0.25) is 11.5 Å². The number of aromatic nitrogens is 1. The number of aromatic amines is 1. The average Bonchev–Trinajstić information content (AvgIpc) is 3.23. The van der Waals surface area contributed by atoms with Crippen molar-refractivity contribution < 1.29 is 29.3 Å². The van der Waals surface area contributed by atoms with Gasteiger partial charge >= 0.3 is 6.09 Å². The number of ether oxygens (including phenoxy) is 1. The third-order valence-corrected chi connectivity index (χ3v) is 11.2. The second-order valence-corrected chi connectivity index (χ2v) is 15.9. The number of aliphatic hydroxyl groups excluding tert-OH is 1. The van der Waals surface area contributed by atoms with Crippen molar-refractivity contribution in [2.75, 3.05) is 38.5 Å². The summed E-state index contributed by atoms with van der Waals surface area (Å²) < 4.78 is 5.76. The van der Waals surface area contributed by atoms with Crippen LogP contribution >= 0.6 is 0 Å². The number of phenols is 1. The van der Waals surface area contributed by atoms with Gasteiger partial charge in [0.15, 0.2) is 0 Å². The molecule has 4 N–H and O–H groups in total. The van der Waals surface area contributed by atoms with Crippen LogP contribution in [0.1, 0.15) is 82.1 Å². The Hall–Kier alpha value is -5.78. The number of hydrogen-bond acceptors (Lipinski definition) is 8. The first-order valence-electron chi connectivity index (χ1n) is 20.7. The number of carbonyl (C=O) groups is 3. The van der Waals surface area contributed by atoms with E-state index in [9.17, 15) is 29.4 Å². The summed E-state index contributed by atoms with van der Waals surface area (Å²) in [4.78, 5) is 57.0. The van der Waals surface area contributed by atoms with Crippen LogP contribution in [0, 0.1) is 5.92 Å². The number of hydrogen-bond donors (Lipinski definition) is 4. The molecule has 0 saturated carbocycles. The average molecular weight is 817 g/mol. The van der Waals surface area contributed by atoms with Gasteiger partial charge in [-0.05, 0) is 84.9 Å². The van der Waals surface area contributed by atoms with E-state index in [1.165, 1.54) is 12.1 Å². The van der Waals surface area contributed by atoms with Crippen molar-refractivity contribution in [3.05, 3.63) is 130 Å². The van der Waals surface area contributed by atoms with E-state index < -0.39 is 12.2 Å². The van der Waals surface area contributed by atoms with Gasteiger partial charge < -0.3 is 29.7 Å². The van der Waals surface area contributed by atoms with Crippen molar-refractivity contribution in [3.63, 3.8) is 0 Å². The summed E-state index contributed by atoms with van der Waals surface area (Å²) >= 11 is 0. The molecule has 4 aromatic carbocycles. The molecular weight excluding hydrogens is 757 g/mol. The van der Waals surface area contributed by atoms with Gasteiger partial charge in [0.05, 0.1) is 17.3 Å². The highest BCUT2D eigenvalue weighted by molar-refractivity contribution is 5.91. The molecule has 0 radical (unpaired) electrons. The lowest BCUT2D eigenvalue weighted by Crippen LogP contribution is -2.40. The Kier molecular flexibility index (Phi) is 16.6. The van der Waals surface area contributed by atoms with Crippen molar-refractivity contribution in [2.45, 2.75) is 84.3 Å². The van der Waals surface area contributed by atoms with E-state index in [-0.39, 0.29) is 42.4 Å². The summed E-state index contributed by atoms with van der Waals surface area (Å²) in [6.45, 7) is 4.79. The first-order valence-corrected chi connectivity index (χ1v) is 20.7. The molecule has 2 heterocycles. The van der Waals surface area contributed by atoms with E-state index in [4.69, 9.17) is 4.74 Å². The number of benzene rings is 4. The molecule has 1 saturated heterocycles. The minimum atomic E-state index is -0.744. The normalized spacial score (nSPS) is 14.2. The van der Waals surface area contributed by atoms with E-state index in [1.54, 1.807) is 24.1 Å². The number of pyridine rings is 1. The van der Waals surface area contributed by atoms with Gasteiger partial charge in [-0.3, -0.25) is 19.7 Å². The number of rotatable bonds is 18. The molecule has 6 rings (SSSR count). The Bertz CT molecular complexity index is 2250. The number of piperidine rings is 1. The van der Waals surface area contributed by atoms with Crippen molar-refractivity contribution in [2.24, 2.45) is 5.92 Å². The van der Waals surface area contributed by atoms with Crippen LogP contribution in [-0.4, -0.2) is 82.1 Å². The standard InChI is InChI=1S/C48H56N4O7.CH4/c1-33(17-20-43(54)40-18-21-44(55)47-41(40)19-22-45(56)50-47)30-34-10-8-11-35(31-34)32-37(53)14-9-26-51(2)46(57)25-29-52-27-23-38(24-28-52)59-48(58)49-42-16-7-6-15-39(42)36-12-4-3-5-13-36;/h3-8,10-13,15-16,18-19,21-22,31,33,38,43,54-55H,9,14,17,20,23-30,32H2,1-2H3,(H,49,58)(H,50,56);1H4/t33?,43-;/m0./s1. The van der Waals surface area contributed by atoms with Crippen LogP contribution in [0.15, 0.2) is 108 Å². The number of H-pyrrole nitrogens is 1. The first kappa shape index (κ1) is 45.3. The Labute approximate surface area is 353 Å². The largest absolute Gasteiger partial charge is 0.506 e. The smallest absolute Gasteiger partial charge is 0.411 e. The first-order chi connectivity index (χ1) is 28.5. The number of para-hydroxylation sites is 1. The SMILES string of the molecule is C.CC(CC[C@H](O)c1ccc(O)c2[nH]c(=O)ccc12)Cc1cccc(CC(=O)CCCN(C)C(=O)CCN2CCC(OC(=O)Nc3ccccc3-c3ccccc3)CC2)c1. The maximum absolute atomic E-state index is 12.9. The van der Waals surface area contributed by atoms with E-state index in [1.807, 2.05) is 66.7 Å². The summed E-state index contributed by atoms with van der Waals surface area (Å²) in [5, 5.41) is 24.7. The van der Waals surface area contributed by atoms with Crippen LogP contribution in [0.3, 0.4) is 0 Å². The van der Waals surface area contributed by atoms with E-state index >= 15 is 0 Å². The molecule has 2 amide bonds. The molecular formula is C49H60N4O7. The number of aromatic hydroxyl groups is 1. The van der Waals surface area contributed by atoms with Crippen LogP contribution in [0.4, 0.5) is 10.5 Å². The number of nitrogens with zero attached hydrogens (tertiary/aromatic N) is 2.